The fraction of sp³-hybridized carbons (Fsp3) is 0.636. The number of aliphatic carboxylic acids is 1. The maximum atomic E-state index is 10.9. The van der Waals surface area contributed by atoms with Gasteiger partial charge in [-0.1, -0.05) is 6.92 Å². The molecule has 1 heterocycles. The quantitative estimate of drug-likeness (QED) is 0.763. The normalized spacial score (nSPS) is 12.8. The molecule has 0 saturated heterocycles. The maximum absolute atomic E-state index is 10.9. The van der Waals surface area contributed by atoms with Gasteiger partial charge in [-0.15, -0.1) is 0 Å². The Labute approximate surface area is 90.2 Å². The van der Waals surface area contributed by atoms with Crippen LogP contribution in [0.15, 0.2) is 6.20 Å². The van der Waals surface area contributed by atoms with Crippen molar-refractivity contribution in [1.82, 2.24) is 4.57 Å². The summed E-state index contributed by atoms with van der Waals surface area (Å²) in [7, 11) is 0. The van der Waals surface area contributed by atoms with Crippen molar-refractivity contribution in [3.05, 3.63) is 17.7 Å². The number of aryl methyl sites for hydroxylation is 1. The van der Waals surface area contributed by atoms with E-state index in [4.69, 9.17) is 5.11 Å². The molecule has 0 saturated carbocycles. The molecule has 1 rings (SSSR count). The van der Waals surface area contributed by atoms with Crippen LogP contribution in [0.4, 0.5) is 0 Å². The van der Waals surface area contributed by atoms with Crippen LogP contribution in [-0.2, 0) is 17.8 Å². The average molecular weight is 211 g/mol. The maximum Gasteiger partial charge on any atom is 0.349 e. The molecule has 0 aliphatic rings. The number of hydrogen-bond acceptors (Lipinski definition) is 1. The zero-order valence-corrected chi connectivity index (χ0v) is 9.82. The van der Waals surface area contributed by atoms with Gasteiger partial charge in [-0.25, -0.2) is 13.9 Å². The molecular formula is C11H19N2O2+. The molecule has 1 aromatic heterocycles. The molecule has 0 aliphatic heterocycles. The van der Waals surface area contributed by atoms with E-state index in [1.165, 1.54) is 0 Å². The lowest BCUT2D eigenvalue weighted by atomic mass is 10.3. The number of rotatable bonds is 4. The summed E-state index contributed by atoms with van der Waals surface area (Å²) in [4.78, 5) is 10.9. The van der Waals surface area contributed by atoms with Gasteiger partial charge in [0.25, 0.3) is 5.82 Å². The summed E-state index contributed by atoms with van der Waals surface area (Å²) in [6.45, 7) is 8.72. The van der Waals surface area contributed by atoms with Crippen molar-refractivity contribution in [1.29, 1.82) is 0 Å². The topological polar surface area (TPSA) is 46.1 Å². The Hall–Kier alpha value is -1.32. The highest BCUT2D eigenvalue weighted by atomic mass is 16.4. The van der Waals surface area contributed by atoms with Crippen molar-refractivity contribution in [2.24, 2.45) is 0 Å². The number of hydrogen-bond donors (Lipinski definition) is 1. The SMILES string of the molecule is CCc1n(CC)c(C)c[n+]1C(C)C(=O)O. The third-order valence-corrected chi connectivity index (χ3v) is 2.77. The smallest absolute Gasteiger partial charge is 0.349 e. The van der Waals surface area contributed by atoms with Crippen molar-refractivity contribution in [2.45, 2.75) is 46.7 Å². The molecule has 4 heteroatoms. The van der Waals surface area contributed by atoms with Crippen molar-refractivity contribution in [3.63, 3.8) is 0 Å². The Morgan fingerprint density at radius 2 is 2.20 bits per heavy atom. The molecule has 1 unspecified atom stereocenters. The third-order valence-electron chi connectivity index (χ3n) is 2.77. The lowest BCUT2D eigenvalue weighted by Gasteiger charge is -2.05. The predicted octanol–water partition coefficient (Wildman–Crippen LogP) is 1.31. The molecule has 0 radical (unpaired) electrons. The van der Waals surface area contributed by atoms with E-state index in [9.17, 15) is 4.79 Å². The predicted molar refractivity (Wildman–Crippen MR) is 56.8 cm³/mol. The third kappa shape index (κ3) is 2.03. The Bertz CT molecular complexity index is 369. The molecule has 1 aromatic rings. The van der Waals surface area contributed by atoms with E-state index in [1.54, 1.807) is 6.92 Å². The molecule has 0 bridgehead atoms. The number of carbonyl (C=O) groups is 1. The van der Waals surface area contributed by atoms with Crippen molar-refractivity contribution >= 4 is 5.97 Å². The summed E-state index contributed by atoms with van der Waals surface area (Å²) < 4.78 is 4.00. The van der Waals surface area contributed by atoms with Crippen molar-refractivity contribution in [2.75, 3.05) is 0 Å². The van der Waals surface area contributed by atoms with Crippen LogP contribution in [0.2, 0.25) is 0 Å². The van der Waals surface area contributed by atoms with E-state index in [-0.39, 0.29) is 0 Å². The highest BCUT2D eigenvalue weighted by molar-refractivity contribution is 5.69. The summed E-state index contributed by atoms with van der Waals surface area (Å²) in [5, 5.41) is 9.00. The Balaban J connectivity index is 3.24. The molecule has 0 aliphatic carbocycles. The molecule has 84 valence electrons. The molecule has 15 heavy (non-hydrogen) atoms. The monoisotopic (exact) mass is 211 g/mol. The summed E-state index contributed by atoms with van der Waals surface area (Å²) >= 11 is 0. The van der Waals surface area contributed by atoms with Crippen molar-refractivity contribution in [3.8, 4) is 0 Å². The largest absolute Gasteiger partial charge is 0.478 e. The summed E-state index contributed by atoms with van der Waals surface area (Å²) in [6.07, 6.45) is 2.76. The number of nitrogens with zero attached hydrogens (tertiary/aromatic N) is 2. The van der Waals surface area contributed by atoms with Crippen LogP contribution in [0.25, 0.3) is 0 Å². The molecule has 1 atom stereocenters. The molecule has 1 N–H and O–H groups in total. The zero-order valence-electron chi connectivity index (χ0n) is 9.82. The van der Waals surface area contributed by atoms with Crippen LogP contribution >= 0.6 is 0 Å². The number of carboxylic acids is 1. The van der Waals surface area contributed by atoms with E-state index >= 15 is 0 Å². The van der Waals surface area contributed by atoms with E-state index in [2.05, 4.69) is 11.5 Å². The van der Waals surface area contributed by atoms with E-state index in [1.807, 2.05) is 24.6 Å². The van der Waals surface area contributed by atoms with Gasteiger partial charge in [0.15, 0.2) is 6.04 Å². The summed E-state index contributed by atoms with van der Waals surface area (Å²) in [6, 6.07) is -0.494. The van der Waals surface area contributed by atoms with Crippen LogP contribution in [0.5, 0.6) is 0 Å². The second-order valence-electron chi connectivity index (χ2n) is 3.71. The first kappa shape index (κ1) is 11.8. The van der Waals surface area contributed by atoms with Gasteiger partial charge in [-0.2, -0.15) is 0 Å². The molecule has 0 fully saturated rings. The first-order chi connectivity index (χ1) is 7.02. The van der Waals surface area contributed by atoms with Gasteiger partial charge in [-0.3, -0.25) is 0 Å². The first-order valence-corrected chi connectivity index (χ1v) is 5.35. The fourth-order valence-corrected chi connectivity index (χ4v) is 1.95. The summed E-state index contributed by atoms with van der Waals surface area (Å²) in [5.41, 5.74) is 1.11. The van der Waals surface area contributed by atoms with Gasteiger partial charge >= 0.3 is 5.97 Å². The minimum atomic E-state index is -0.789. The van der Waals surface area contributed by atoms with Crippen molar-refractivity contribution < 1.29 is 14.5 Å². The van der Waals surface area contributed by atoms with Gasteiger partial charge < -0.3 is 5.11 Å². The lowest BCUT2D eigenvalue weighted by molar-refractivity contribution is -0.714. The minimum absolute atomic E-state index is 0.494. The number of aromatic nitrogens is 2. The molecule has 4 nitrogen and oxygen atoms in total. The second kappa shape index (κ2) is 4.47. The highest BCUT2D eigenvalue weighted by Crippen LogP contribution is 2.07. The van der Waals surface area contributed by atoms with E-state index in [0.29, 0.717) is 0 Å². The number of imidazole rings is 1. The highest BCUT2D eigenvalue weighted by Gasteiger charge is 2.26. The van der Waals surface area contributed by atoms with Gasteiger partial charge in [0.2, 0.25) is 0 Å². The van der Waals surface area contributed by atoms with Gasteiger partial charge in [0.1, 0.15) is 11.9 Å². The average Bonchev–Trinajstić information content (AvgIpc) is 2.52. The molecule has 0 amide bonds. The zero-order chi connectivity index (χ0) is 11.6. The van der Waals surface area contributed by atoms with E-state index in [0.717, 1.165) is 24.5 Å². The summed E-state index contributed by atoms with van der Waals surface area (Å²) in [5.74, 6) is 0.285. The fourth-order valence-electron chi connectivity index (χ4n) is 1.95. The standard InChI is InChI=1S/C11H18N2O2/c1-5-10-12(6-2)8(3)7-13(10)9(4)11(14)15/h7,9H,5-6H2,1-4H3/p+1. The number of carboxylic acid groups (broad SMARTS) is 1. The Morgan fingerprint density at radius 3 is 2.60 bits per heavy atom. The van der Waals surface area contributed by atoms with Gasteiger partial charge in [0.05, 0.1) is 6.54 Å². The van der Waals surface area contributed by atoms with Gasteiger partial charge in [-0.05, 0) is 13.8 Å². The van der Waals surface area contributed by atoms with Crippen LogP contribution in [0.3, 0.4) is 0 Å². The Kier molecular flexibility index (Phi) is 3.50. The van der Waals surface area contributed by atoms with Crippen LogP contribution in [0.1, 0.15) is 38.3 Å². The van der Waals surface area contributed by atoms with Crippen LogP contribution in [-0.4, -0.2) is 15.6 Å². The molecule has 0 spiro atoms. The minimum Gasteiger partial charge on any atom is -0.478 e. The van der Waals surface area contributed by atoms with E-state index < -0.39 is 12.0 Å². The molecular weight excluding hydrogens is 192 g/mol. The lowest BCUT2D eigenvalue weighted by Crippen LogP contribution is -2.44. The van der Waals surface area contributed by atoms with Gasteiger partial charge in [0, 0.05) is 13.3 Å². The van der Waals surface area contributed by atoms with Crippen LogP contribution < -0.4 is 4.57 Å². The molecule has 0 aromatic carbocycles. The Morgan fingerprint density at radius 1 is 1.60 bits per heavy atom. The van der Waals surface area contributed by atoms with Crippen LogP contribution in [0, 0.1) is 6.92 Å². The second-order valence-corrected chi connectivity index (χ2v) is 3.71. The first-order valence-electron chi connectivity index (χ1n) is 5.35.